The second-order valence-corrected chi connectivity index (χ2v) is 5.97. The number of aromatic nitrogens is 2. The third-order valence-corrected chi connectivity index (χ3v) is 4.74. The summed E-state index contributed by atoms with van der Waals surface area (Å²) < 4.78 is 0. The normalized spacial score (nSPS) is 18.2. The number of nitrogens with zero attached hydrogens (tertiary/aromatic N) is 1. The van der Waals surface area contributed by atoms with Crippen LogP contribution in [0.5, 0.6) is 0 Å². The monoisotopic (exact) mass is 261 g/mol. The van der Waals surface area contributed by atoms with Crippen molar-refractivity contribution in [3.63, 3.8) is 0 Å². The molecule has 3 nitrogen and oxygen atoms in total. The molecule has 1 fully saturated rings. The fourth-order valence-electron chi connectivity index (χ4n) is 2.86. The van der Waals surface area contributed by atoms with Gasteiger partial charge in [-0.1, -0.05) is 18.9 Å². The van der Waals surface area contributed by atoms with Crippen molar-refractivity contribution in [3.05, 3.63) is 40.6 Å². The van der Waals surface area contributed by atoms with Crippen molar-refractivity contribution in [3.8, 4) is 0 Å². The van der Waals surface area contributed by atoms with Crippen LogP contribution in [0.4, 0.5) is 0 Å². The van der Waals surface area contributed by atoms with Gasteiger partial charge in [0.25, 0.3) is 0 Å². The van der Waals surface area contributed by atoms with E-state index >= 15 is 0 Å². The molecule has 1 aliphatic rings. The van der Waals surface area contributed by atoms with Gasteiger partial charge < -0.3 is 10.3 Å². The van der Waals surface area contributed by atoms with Gasteiger partial charge in [0, 0.05) is 29.4 Å². The summed E-state index contributed by atoms with van der Waals surface area (Å²) >= 11 is 1.87. The number of hydrogen-bond acceptors (Lipinski definition) is 3. The Balaban J connectivity index is 1.69. The zero-order valence-electron chi connectivity index (χ0n) is 10.4. The van der Waals surface area contributed by atoms with Crippen LogP contribution in [-0.2, 0) is 6.54 Å². The molecule has 18 heavy (non-hydrogen) atoms. The van der Waals surface area contributed by atoms with E-state index in [2.05, 4.69) is 32.8 Å². The van der Waals surface area contributed by atoms with Gasteiger partial charge in [0.2, 0.25) is 0 Å². The Labute approximate surface area is 112 Å². The topological polar surface area (TPSA) is 40.7 Å². The van der Waals surface area contributed by atoms with Gasteiger partial charge in [0.15, 0.2) is 0 Å². The molecule has 0 saturated heterocycles. The minimum Gasteiger partial charge on any atom is -0.347 e. The Morgan fingerprint density at radius 1 is 1.44 bits per heavy atom. The minimum absolute atomic E-state index is 0.510. The highest BCUT2D eigenvalue weighted by atomic mass is 32.1. The van der Waals surface area contributed by atoms with Crippen LogP contribution in [0.1, 0.15) is 42.3 Å². The fourth-order valence-corrected chi connectivity index (χ4v) is 3.75. The lowest BCUT2D eigenvalue weighted by Crippen LogP contribution is -2.26. The first-order valence-electron chi connectivity index (χ1n) is 6.67. The van der Waals surface area contributed by atoms with Crippen LogP contribution in [0, 0.1) is 5.92 Å². The maximum atomic E-state index is 4.07. The van der Waals surface area contributed by atoms with Crippen molar-refractivity contribution in [2.75, 3.05) is 0 Å². The number of hydrogen-bond donors (Lipinski definition) is 2. The Kier molecular flexibility index (Phi) is 3.76. The van der Waals surface area contributed by atoms with Crippen molar-refractivity contribution >= 4 is 11.3 Å². The van der Waals surface area contributed by atoms with E-state index < -0.39 is 0 Å². The summed E-state index contributed by atoms with van der Waals surface area (Å²) in [5.74, 6) is 0.798. The van der Waals surface area contributed by atoms with E-state index in [-0.39, 0.29) is 0 Å². The van der Waals surface area contributed by atoms with Crippen molar-refractivity contribution in [2.45, 2.75) is 38.3 Å². The summed E-state index contributed by atoms with van der Waals surface area (Å²) in [6.45, 7) is 0.874. The van der Waals surface area contributed by atoms with Gasteiger partial charge in [-0.15, -0.1) is 11.3 Å². The van der Waals surface area contributed by atoms with Crippen LogP contribution in [0.15, 0.2) is 30.0 Å². The van der Waals surface area contributed by atoms with E-state index in [0.29, 0.717) is 6.04 Å². The van der Waals surface area contributed by atoms with Crippen LogP contribution in [-0.4, -0.2) is 9.97 Å². The zero-order valence-corrected chi connectivity index (χ0v) is 11.2. The van der Waals surface area contributed by atoms with Crippen LogP contribution in [0.3, 0.4) is 0 Å². The highest BCUT2D eigenvalue weighted by molar-refractivity contribution is 7.10. The second-order valence-electron chi connectivity index (χ2n) is 5.00. The highest BCUT2D eigenvalue weighted by Crippen LogP contribution is 2.37. The first-order valence-corrected chi connectivity index (χ1v) is 7.55. The first-order chi connectivity index (χ1) is 8.93. The molecule has 1 aliphatic carbocycles. The first kappa shape index (κ1) is 11.9. The quantitative estimate of drug-likeness (QED) is 0.865. The van der Waals surface area contributed by atoms with E-state index in [9.17, 15) is 0 Å². The fraction of sp³-hybridized carbons (Fsp3) is 0.500. The molecule has 1 unspecified atom stereocenters. The average Bonchev–Trinajstić information content (AvgIpc) is 3.14. The van der Waals surface area contributed by atoms with Crippen LogP contribution in [0.2, 0.25) is 0 Å². The molecule has 3 rings (SSSR count). The number of thiophene rings is 1. The molecule has 0 radical (unpaired) electrons. The van der Waals surface area contributed by atoms with E-state index in [1.807, 2.05) is 17.5 Å². The molecule has 2 aromatic heterocycles. The molecule has 2 N–H and O–H groups in total. The molecule has 1 saturated carbocycles. The predicted octanol–water partition coefficient (Wildman–Crippen LogP) is 3.49. The molecular weight excluding hydrogens is 242 g/mol. The third-order valence-electron chi connectivity index (χ3n) is 3.79. The SMILES string of the molecule is c1csc(C(NCc2cnc[nH]2)C2CCCC2)c1. The van der Waals surface area contributed by atoms with Crippen molar-refractivity contribution in [1.82, 2.24) is 15.3 Å². The van der Waals surface area contributed by atoms with Gasteiger partial charge >= 0.3 is 0 Å². The van der Waals surface area contributed by atoms with Crippen LogP contribution >= 0.6 is 11.3 Å². The van der Waals surface area contributed by atoms with E-state index in [0.717, 1.165) is 18.2 Å². The molecule has 1 atom stereocenters. The van der Waals surface area contributed by atoms with Crippen LogP contribution in [0.25, 0.3) is 0 Å². The molecule has 96 valence electrons. The lowest BCUT2D eigenvalue weighted by atomic mass is 9.96. The highest BCUT2D eigenvalue weighted by Gasteiger charge is 2.26. The maximum Gasteiger partial charge on any atom is 0.0922 e. The standard InChI is InChI=1S/C14H19N3S/c1-2-5-11(4-1)14(13-6-3-7-18-13)16-9-12-8-15-10-17-12/h3,6-8,10-11,14,16H,1-2,4-5,9H2,(H,15,17). The average molecular weight is 261 g/mol. The lowest BCUT2D eigenvalue weighted by Gasteiger charge is -2.23. The third kappa shape index (κ3) is 2.65. The lowest BCUT2D eigenvalue weighted by molar-refractivity contribution is 0.369. The summed E-state index contributed by atoms with van der Waals surface area (Å²) in [6, 6.07) is 4.92. The van der Waals surface area contributed by atoms with Gasteiger partial charge in [-0.2, -0.15) is 0 Å². The van der Waals surface area contributed by atoms with E-state index in [1.54, 1.807) is 6.33 Å². The number of rotatable bonds is 5. The molecule has 2 aromatic rings. The van der Waals surface area contributed by atoms with Gasteiger partial charge in [0.1, 0.15) is 0 Å². The Morgan fingerprint density at radius 2 is 2.33 bits per heavy atom. The molecule has 0 aliphatic heterocycles. The Hall–Kier alpha value is -1.13. The van der Waals surface area contributed by atoms with Gasteiger partial charge in [0.05, 0.1) is 6.33 Å². The number of aromatic amines is 1. The van der Waals surface area contributed by atoms with Gasteiger partial charge in [-0.25, -0.2) is 4.98 Å². The molecule has 4 heteroatoms. The van der Waals surface area contributed by atoms with Gasteiger partial charge in [-0.3, -0.25) is 0 Å². The molecular formula is C14H19N3S. The number of nitrogens with one attached hydrogen (secondary N) is 2. The van der Waals surface area contributed by atoms with Crippen LogP contribution < -0.4 is 5.32 Å². The maximum absolute atomic E-state index is 4.07. The van der Waals surface area contributed by atoms with Crippen molar-refractivity contribution < 1.29 is 0 Å². The number of H-pyrrole nitrogens is 1. The molecule has 0 bridgehead atoms. The Morgan fingerprint density at radius 3 is 3.00 bits per heavy atom. The summed E-state index contributed by atoms with van der Waals surface area (Å²) in [7, 11) is 0. The molecule has 2 heterocycles. The van der Waals surface area contributed by atoms with Gasteiger partial charge in [-0.05, 0) is 30.2 Å². The zero-order chi connectivity index (χ0) is 12.2. The summed E-state index contributed by atoms with van der Waals surface area (Å²) in [6.07, 6.45) is 9.13. The number of imidazole rings is 1. The summed E-state index contributed by atoms with van der Waals surface area (Å²) in [4.78, 5) is 8.70. The van der Waals surface area contributed by atoms with E-state index in [1.165, 1.54) is 30.6 Å². The van der Waals surface area contributed by atoms with Crippen molar-refractivity contribution in [2.24, 2.45) is 5.92 Å². The largest absolute Gasteiger partial charge is 0.347 e. The second kappa shape index (κ2) is 5.67. The predicted molar refractivity (Wildman–Crippen MR) is 74.4 cm³/mol. The minimum atomic E-state index is 0.510. The molecule has 0 amide bonds. The molecule has 0 aromatic carbocycles. The van der Waals surface area contributed by atoms with E-state index in [4.69, 9.17) is 0 Å². The molecule has 0 spiro atoms. The van der Waals surface area contributed by atoms with Crippen molar-refractivity contribution in [1.29, 1.82) is 0 Å². The summed E-state index contributed by atoms with van der Waals surface area (Å²) in [5, 5.41) is 5.88. The Bertz CT molecular complexity index is 443. The smallest absolute Gasteiger partial charge is 0.0922 e. The summed E-state index contributed by atoms with van der Waals surface area (Å²) in [5.41, 5.74) is 1.16.